The van der Waals surface area contributed by atoms with Crippen LogP contribution in [0.15, 0.2) is 54.6 Å². The summed E-state index contributed by atoms with van der Waals surface area (Å²) >= 11 is 1.45. The third kappa shape index (κ3) is 3.44. The fraction of sp³-hybridized carbons (Fsp3) is 0.190. The Morgan fingerprint density at radius 3 is 2.88 bits per heavy atom. The maximum absolute atomic E-state index is 12.3. The van der Waals surface area contributed by atoms with E-state index in [4.69, 9.17) is 14.2 Å². The van der Waals surface area contributed by atoms with Gasteiger partial charge in [-0.1, -0.05) is 24.3 Å². The summed E-state index contributed by atoms with van der Waals surface area (Å²) < 4.78 is 16.7. The van der Waals surface area contributed by atoms with Crippen LogP contribution in [-0.4, -0.2) is 19.2 Å². The van der Waals surface area contributed by atoms with E-state index < -0.39 is 0 Å². The van der Waals surface area contributed by atoms with Gasteiger partial charge in [-0.3, -0.25) is 0 Å². The van der Waals surface area contributed by atoms with Crippen molar-refractivity contribution in [3.8, 4) is 21.9 Å². The minimum Gasteiger partial charge on any atom is -0.490 e. The molecule has 0 N–H and O–H groups in total. The number of carbonyl (C=O) groups excluding carboxylic acids is 1. The molecule has 0 saturated heterocycles. The SMILES string of the molecule is Cc1cccc(OCCOC(=O)c2cc3c(s2)-c2ccccc2OC3)c1. The maximum atomic E-state index is 12.3. The van der Waals surface area contributed by atoms with Crippen LogP contribution in [0.2, 0.25) is 0 Å². The number of fused-ring (bicyclic) bond motifs is 3. The van der Waals surface area contributed by atoms with Crippen molar-refractivity contribution >= 4 is 17.3 Å². The summed E-state index contributed by atoms with van der Waals surface area (Å²) in [5, 5.41) is 0. The highest BCUT2D eigenvalue weighted by molar-refractivity contribution is 7.17. The zero-order valence-corrected chi connectivity index (χ0v) is 15.2. The molecule has 1 aliphatic heterocycles. The standard InChI is InChI=1S/C21H18O4S/c1-14-5-4-6-16(11-14)23-9-10-24-21(22)19-12-15-13-25-18-8-3-2-7-17(18)20(15)26-19/h2-8,11-12H,9-10,13H2,1H3. The Morgan fingerprint density at radius 2 is 2.00 bits per heavy atom. The maximum Gasteiger partial charge on any atom is 0.348 e. The van der Waals surface area contributed by atoms with Gasteiger partial charge in [0.2, 0.25) is 0 Å². The van der Waals surface area contributed by atoms with Crippen LogP contribution in [0.4, 0.5) is 0 Å². The van der Waals surface area contributed by atoms with E-state index in [0.29, 0.717) is 18.1 Å². The topological polar surface area (TPSA) is 44.8 Å². The van der Waals surface area contributed by atoms with E-state index in [9.17, 15) is 4.79 Å². The normalized spacial score (nSPS) is 11.9. The molecule has 132 valence electrons. The predicted octanol–water partition coefficient (Wildman–Crippen LogP) is 4.85. The van der Waals surface area contributed by atoms with Gasteiger partial charge >= 0.3 is 5.97 Å². The zero-order valence-electron chi connectivity index (χ0n) is 14.4. The van der Waals surface area contributed by atoms with Crippen LogP contribution >= 0.6 is 11.3 Å². The molecule has 0 aliphatic carbocycles. The van der Waals surface area contributed by atoms with Gasteiger partial charge in [0.05, 0.1) is 0 Å². The lowest BCUT2D eigenvalue weighted by molar-refractivity contribution is 0.0456. The lowest BCUT2D eigenvalue weighted by Crippen LogP contribution is -2.11. The van der Waals surface area contributed by atoms with Crippen molar-refractivity contribution in [3.63, 3.8) is 0 Å². The summed E-state index contributed by atoms with van der Waals surface area (Å²) in [4.78, 5) is 14.0. The highest BCUT2D eigenvalue weighted by atomic mass is 32.1. The second-order valence-electron chi connectivity index (χ2n) is 6.05. The first-order valence-electron chi connectivity index (χ1n) is 8.42. The molecule has 1 aliphatic rings. The molecule has 5 heteroatoms. The van der Waals surface area contributed by atoms with Gasteiger partial charge in [-0.05, 0) is 42.8 Å². The second-order valence-corrected chi connectivity index (χ2v) is 7.10. The zero-order chi connectivity index (χ0) is 17.9. The summed E-state index contributed by atoms with van der Waals surface area (Å²) in [5.41, 5.74) is 3.18. The summed E-state index contributed by atoms with van der Waals surface area (Å²) in [7, 11) is 0. The van der Waals surface area contributed by atoms with E-state index in [1.165, 1.54) is 11.3 Å². The number of para-hydroxylation sites is 1. The molecule has 3 aromatic rings. The Morgan fingerprint density at radius 1 is 1.12 bits per heavy atom. The monoisotopic (exact) mass is 366 g/mol. The summed E-state index contributed by atoms with van der Waals surface area (Å²) in [6, 6.07) is 17.5. The molecular weight excluding hydrogens is 348 g/mol. The molecule has 4 nitrogen and oxygen atoms in total. The molecular formula is C21H18O4S. The Balaban J connectivity index is 1.37. The van der Waals surface area contributed by atoms with Crippen molar-refractivity contribution in [3.05, 3.63) is 70.6 Å². The van der Waals surface area contributed by atoms with Gasteiger partial charge in [-0.2, -0.15) is 0 Å². The van der Waals surface area contributed by atoms with E-state index in [-0.39, 0.29) is 12.6 Å². The molecule has 26 heavy (non-hydrogen) atoms. The van der Waals surface area contributed by atoms with E-state index in [1.807, 2.05) is 61.5 Å². The number of hydrogen-bond acceptors (Lipinski definition) is 5. The van der Waals surface area contributed by atoms with Gasteiger partial charge in [0.25, 0.3) is 0 Å². The number of ether oxygens (including phenoxy) is 3. The molecule has 0 fully saturated rings. The molecule has 0 spiro atoms. The van der Waals surface area contributed by atoms with Gasteiger partial charge < -0.3 is 14.2 Å². The average molecular weight is 366 g/mol. The third-order valence-electron chi connectivity index (χ3n) is 4.10. The van der Waals surface area contributed by atoms with Gasteiger partial charge in [0.15, 0.2) is 0 Å². The molecule has 2 heterocycles. The number of rotatable bonds is 5. The number of aryl methyl sites for hydroxylation is 1. The Kier molecular flexibility index (Phi) is 4.63. The van der Waals surface area contributed by atoms with Gasteiger partial charge in [0, 0.05) is 16.0 Å². The third-order valence-corrected chi connectivity index (χ3v) is 5.29. The van der Waals surface area contributed by atoms with Crippen molar-refractivity contribution in [2.24, 2.45) is 0 Å². The van der Waals surface area contributed by atoms with E-state index in [0.717, 1.165) is 33.1 Å². The van der Waals surface area contributed by atoms with Gasteiger partial charge in [0.1, 0.15) is 36.2 Å². The van der Waals surface area contributed by atoms with Crippen LogP contribution in [-0.2, 0) is 11.3 Å². The fourth-order valence-electron chi connectivity index (χ4n) is 2.87. The highest BCUT2D eigenvalue weighted by Gasteiger charge is 2.22. The molecule has 2 aromatic carbocycles. The molecule has 0 unspecified atom stereocenters. The number of hydrogen-bond donors (Lipinski definition) is 0. The average Bonchev–Trinajstić information content (AvgIpc) is 3.10. The summed E-state index contributed by atoms with van der Waals surface area (Å²) in [6.07, 6.45) is 0. The van der Waals surface area contributed by atoms with Gasteiger partial charge in [-0.15, -0.1) is 11.3 Å². The van der Waals surface area contributed by atoms with E-state index in [2.05, 4.69) is 0 Å². The Bertz CT molecular complexity index is 945. The lowest BCUT2D eigenvalue weighted by atomic mass is 10.1. The number of thiophene rings is 1. The van der Waals surface area contributed by atoms with Crippen LogP contribution in [0.1, 0.15) is 20.8 Å². The lowest BCUT2D eigenvalue weighted by Gasteiger charge is -2.16. The van der Waals surface area contributed by atoms with Crippen LogP contribution in [0.3, 0.4) is 0 Å². The van der Waals surface area contributed by atoms with Crippen molar-refractivity contribution in [1.82, 2.24) is 0 Å². The molecule has 0 atom stereocenters. The van der Waals surface area contributed by atoms with Gasteiger partial charge in [-0.25, -0.2) is 4.79 Å². The van der Waals surface area contributed by atoms with Crippen LogP contribution in [0.25, 0.3) is 10.4 Å². The molecule has 0 radical (unpaired) electrons. The van der Waals surface area contributed by atoms with Crippen LogP contribution in [0, 0.1) is 6.92 Å². The predicted molar refractivity (Wildman–Crippen MR) is 101 cm³/mol. The first kappa shape index (κ1) is 16.7. The highest BCUT2D eigenvalue weighted by Crippen LogP contribution is 2.42. The first-order chi connectivity index (χ1) is 12.7. The van der Waals surface area contributed by atoms with E-state index >= 15 is 0 Å². The van der Waals surface area contributed by atoms with Crippen LogP contribution in [0.5, 0.6) is 11.5 Å². The second kappa shape index (κ2) is 7.22. The molecule has 0 amide bonds. The van der Waals surface area contributed by atoms with Crippen molar-refractivity contribution in [2.45, 2.75) is 13.5 Å². The molecule has 4 rings (SSSR count). The molecule has 0 saturated carbocycles. The number of carbonyl (C=O) groups is 1. The minimum atomic E-state index is -0.324. The first-order valence-corrected chi connectivity index (χ1v) is 9.24. The fourth-order valence-corrected chi connectivity index (χ4v) is 3.96. The van der Waals surface area contributed by atoms with Crippen molar-refractivity contribution in [1.29, 1.82) is 0 Å². The van der Waals surface area contributed by atoms with Crippen molar-refractivity contribution in [2.75, 3.05) is 13.2 Å². The summed E-state index contributed by atoms with van der Waals surface area (Å²) in [6.45, 7) is 3.02. The van der Waals surface area contributed by atoms with E-state index in [1.54, 1.807) is 0 Å². The number of benzene rings is 2. The Hall–Kier alpha value is -2.79. The summed E-state index contributed by atoms with van der Waals surface area (Å²) in [5.74, 6) is 1.31. The molecule has 0 bridgehead atoms. The largest absolute Gasteiger partial charge is 0.490 e. The minimum absolute atomic E-state index is 0.211. The Labute approximate surface area is 156 Å². The number of esters is 1. The van der Waals surface area contributed by atoms with Crippen molar-refractivity contribution < 1.29 is 19.0 Å². The smallest absolute Gasteiger partial charge is 0.348 e. The molecule has 1 aromatic heterocycles. The quantitative estimate of drug-likeness (QED) is 0.478. The van der Waals surface area contributed by atoms with Crippen LogP contribution < -0.4 is 9.47 Å².